The van der Waals surface area contributed by atoms with Crippen molar-refractivity contribution < 1.29 is 0 Å². The molecule has 1 aromatic carbocycles. The largest absolute Gasteiger partial charge is 0.369 e. The Labute approximate surface area is 117 Å². The molecule has 0 aliphatic carbocycles. The van der Waals surface area contributed by atoms with Crippen LogP contribution in [0.3, 0.4) is 0 Å². The zero-order chi connectivity index (χ0) is 12.3. The maximum Gasteiger partial charge on any atom is 0.0467 e. The summed E-state index contributed by atoms with van der Waals surface area (Å²) in [6.07, 6.45) is 5.20. The van der Waals surface area contributed by atoms with Crippen LogP contribution in [0.25, 0.3) is 0 Å². The SMILES string of the molecule is CCC1CCCCN1c1ccc(CBr)c(Cl)c1. The molecule has 1 nitrogen and oxygen atoms in total. The van der Waals surface area contributed by atoms with Crippen molar-refractivity contribution in [1.82, 2.24) is 0 Å². The van der Waals surface area contributed by atoms with Crippen molar-refractivity contribution in [3.8, 4) is 0 Å². The first kappa shape index (κ1) is 13.2. The van der Waals surface area contributed by atoms with Crippen molar-refractivity contribution in [2.75, 3.05) is 11.4 Å². The number of alkyl halides is 1. The van der Waals surface area contributed by atoms with Crippen LogP contribution in [0.4, 0.5) is 5.69 Å². The van der Waals surface area contributed by atoms with Gasteiger partial charge in [0.15, 0.2) is 0 Å². The Morgan fingerprint density at radius 2 is 2.24 bits per heavy atom. The zero-order valence-corrected chi connectivity index (χ0v) is 12.6. The molecular formula is C14H19BrClN. The van der Waals surface area contributed by atoms with Crippen LogP contribution >= 0.6 is 27.5 Å². The Kier molecular flexibility index (Phi) is 4.75. The lowest BCUT2D eigenvalue weighted by molar-refractivity contribution is 0.450. The highest BCUT2D eigenvalue weighted by Crippen LogP contribution is 2.30. The van der Waals surface area contributed by atoms with Crippen molar-refractivity contribution in [2.24, 2.45) is 0 Å². The first-order valence-electron chi connectivity index (χ1n) is 6.37. The van der Waals surface area contributed by atoms with Gasteiger partial charge in [0.25, 0.3) is 0 Å². The van der Waals surface area contributed by atoms with Gasteiger partial charge in [-0.25, -0.2) is 0 Å². The van der Waals surface area contributed by atoms with E-state index in [1.165, 1.54) is 43.5 Å². The third-order valence-electron chi connectivity index (χ3n) is 3.61. The summed E-state index contributed by atoms with van der Waals surface area (Å²) in [5.41, 5.74) is 2.45. The molecule has 0 radical (unpaired) electrons. The van der Waals surface area contributed by atoms with E-state index in [-0.39, 0.29) is 0 Å². The minimum absolute atomic E-state index is 0.689. The summed E-state index contributed by atoms with van der Waals surface area (Å²) in [4.78, 5) is 2.52. The summed E-state index contributed by atoms with van der Waals surface area (Å²) >= 11 is 9.74. The second-order valence-electron chi connectivity index (χ2n) is 4.66. The van der Waals surface area contributed by atoms with Crippen LogP contribution in [0.1, 0.15) is 38.2 Å². The molecule has 1 fully saturated rings. The lowest BCUT2D eigenvalue weighted by Crippen LogP contribution is -2.39. The molecule has 0 saturated carbocycles. The molecule has 1 atom stereocenters. The molecule has 1 unspecified atom stereocenters. The van der Waals surface area contributed by atoms with Gasteiger partial charge >= 0.3 is 0 Å². The fraction of sp³-hybridized carbons (Fsp3) is 0.571. The average Bonchev–Trinajstić information content (AvgIpc) is 2.38. The molecule has 1 aliphatic rings. The molecule has 0 bridgehead atoms. The Bertz CT molecular complexity index is 380. The highest BCUT2D eigenvalue weighted by Gasteiger charge is 2.21. The number of nitrogens with zero attached hydrogens (tertiary/aromatic N) is 1. The minimum Gasteiger partial charge on any atom is -0.369 e. The molecule has 0 N–H and O–H groups in total. The van der Waals surface area contributed by atoms with Gasteiger partial charge in [-0.05, 0) is 43.4 Å². The second-order valence-corrected chi connectivity index (χ2v) is 5.63. The van der Waals surface area contributed by atoms with E-state index in [1.54, 1.807) is 0 Å². The molecule has 17 heavy (non-hydrogen) atoms. The van der Waals surface area contributed by atoms with E-state index in [0.29, 0.717) is 6.04 Å². The lowest BCUT2D eigenvalue weighted by Gasteiger charge is -2.37. The number of benzene rings is 1. The van der Waals surface area contributed by atoms with E-state index in [4.69, 9.17) is 11.6 Å². The summed E-state index contributed by atoms with van der Waals surface area (Å²) in [7, 11) is 0. The van der Waals surface area contributed by atoms with Crippen LogP contribution in [0.5, 0.6) is 0 Å². The molecule has 3 heteroatoms. The zero-order valence-electron chi connectivity index (χ0n) is 10.3. The van der Waals surface area contributed by atoms with E-state index >= 15 is 0 Å². The summed E-state index contributed by atoms with van der Waals surface area (Å²) in [5.74, 6) is 0. The van der Waals surface area contributed by atoms with Gasteiger partial charge in [-0.1, -0.05) is 40.5 Å². The average molecular weight is 317 g/mol. The van der Waals surface area contributed by atoms with Gasteiger partial charge in [-0.2, -0.15) is 0 Å². The van der Waals surface area contributed by atoms with E-state index in [9.17, 15) is 0 Å². The molecule has 0 spiro atoms. The van der Waals surface area contributed by atoms with Gasteiger partial charge in [-0.3, -0.25) is 0 Å². The standard InChI is InChI=1S/C14H19BrClN/c1-2-12-5-3-4-8-17(12)13-7-6-11(10-15)14(16)9-13/h6-7,9,12H,2-5,8,10H2,1H3. The van der Waals surface area contributed by atoms with Crippen LogP contribution in [0, 0.1) is 0 Å². The van der Waals surface area contributed by atoms with Crippen molar-refractivity contribution in [3.63, 3.8) is 0 Å². The second kappa shape index (κ2) is 6.10. The van der Waals surface area contributed by atoms with Crippen LogP contribution in [-0.4, -0.2) is 12.6 Å². The highest BCUT2D eigenvalue weighted by atomic mass is 79.9. The number of piperidine rings is 1. The van der Waals surface area contributed by atoms with Gasteiger partial charge in [-0.15, -0.1) is 0 Å². The van der Waals surface area contributed by atoms with E-state index < -0.39 is 0 Å². The van der Waals surface area contributed by atoms with Crippen molar-refractivity contribution in [2.45, 2.75) is 44.0 Å². The highest BCUT2D eigenvalue weighted by molar-refractivity contribution is 9.08. The predicted octanol–water partition coefficient (Wildman–Crippen LogP) is 5.00. The molecule has 0 aromatic heterocycles. The van der Waals surface area contributed by atoms with Crippen molar-refractivity contribution in [3.05, 3.63) is 28.8 Å². The van der Waals surface area contributed by atoms with Crippen LogP contribution in [-0.2, 0) is 5.33 Å². The van der Waals surface area contributed by atoms with E-state index in [2.05, 4.69) is 46.0 Å². The van der Waals surface area contributed by atoms with Crippen molar-refractivity contribution in [1.29, 1.82) is 0 Å². The predicted molar refractivity (Wildman–Crippen MR) is 79.4 cm³/mol. The summed E-state index contributed by atoms with van der Waals surface area (Å²) in [6, 6.07) is 7.14. The van der Waals surface area contributed by atoms with Gasteiger partial charge in [0.1, 0.15) is 0 Å². The number of halogens is 2. The Balaban J connectivity index is 2.23. The Hall–Kier alpha value is -0.210. The third-order valence-corrected chi connectivity index (χ3v) is 4.57. The fourth-order valence-electron chi connectivity index (χ4n) is 2.59. The maximum absolute atomic E-state index is 6.28. The van der Waals surface area contributed by atoms with E-state index in [0.717, 1.165) is 10.4 Å². The topological polar surface area (TPSA) is 3.24 Å². The van der Waals surface area contributed by atoms with Crippen LogP contribution in [0.2, 0.25) is 5.02 Å². The molecule has 1 saturated heterocycles. The fourth-order valence-corrected chi connectivity index (χ4v) is 3.48. The van der Waals surface area contributed by atoms with Gasteiger partial charge in [0.2, 0.25) is 0 Å². The molecular weight excluding hydrogens is 298 g/mol. The molecule has 94 valence electrons. The molecule has 1 heterocycles. The number of hydrogen-bond acceptors (Lipinski definition) is 1. The normalized spacial score (nSPS) is 20.6. The minimum atomic E-state index is 0.689. The summed E-state index contributed by atoms with van der Waals surface area (Å²) < 4.78 is 0. The number of rotatable bonds is 3. The quantitative estimate of drug-likeness (QED) is 0.709. The first-order valence-corrected chi connectivity index (χ1v) is 7.87. The molecule has 1 aliphatic heterocycles. The van der Waals surface area contributed by atoms with Gasteiger partial charge in [0, 0.05) is 28.6 Å². The molecule has 0 amide bonds. The molecule has 2 rings (SSSR count). The van der Waals surface area contributed by atoms with Crippen LogP contribution < -0.4 is 4.90 Å². The van der Waals surface area contributed by atoms with Crippen LogP contribution in [0.15, 0.2) is 18.2 Å². The summed E-state index contributed by atoms with van der Waals surface area (Å²) in [6.45, 7) is 3.44. The monoisotopic (exact) mass is 315 g/mol. The van der Waals surface area contributed by atoms with Gasteiger partial charge < -0.3 is 4.90 Å². The Morgan fingerprint density at radius 1 is 1.41 bits per heavy atom. The molecule has 1 aromatic rings. The maximum atomic E-state index is 6.28. The van der Waals surface area contributed by atoms with Gasteiger partial charge in [0.05, 0.1) is 0 Å². The number of hydrogen-bond donors (Lipinski definition) is 0. The first-order chi connectivity index (χ1) is 8.26. The van der Waals surface area contributed by atoms with Crippen molar-refractivity contribution >= 4 is 33.2 Å². The lowest BCUT2D eigenvalue weighted by atomic mass is 9.99. The third kappa shape index (κ3) is 2.97. The smallest absolute Gasteiger partial charge is 0.0467 e. The van der Waals surface area contributed by atoms with E-state index in [1.807, 2.05) is 0 Å². The number of anilines is 1. The summed E-state index contributed by atoms with van der Waals surface area (Å²) in [5, 5.41) is 1.70. The Morgan fingerprint density at radius 3 is 2.88 bits per heavy atom.